The lowest BCUT2D eigenvalue weighted by Gasteiger charge is -2.66. The van der Waals surface area contributed by atoms with Crippen LogP contribution < -0.4 is 10.4 Å². The lowest BCUT2D eigenvalue weighted by Crippen LogP contribution is -2.71. The predicted molar refractivity (Wildman–Crippen MR) is 166 cm³/mol. The molecule has 1 aliphatic heterocycles. The molecule has 11 nitrogen and oxygen atoms in total. The van der Waals surface area contributed by atoms with Gasteiger partial charge in [-0.3, -0.25) is 19.4 Å². The lowest BCUT2D eigenvalue weighted by molar-refractivity contribution is -0.275. The molecule has 250 valence electrons. The molecule has 2 aromatic rings. The van der Waals surface area contributed by atoms with Crippen molar-refractivity contribution in [1.29, 1.82) is 0 Å². The van der Waals surface area contributed by atoms with Gasteiger partial charge in [-0.2, -0.15) is 0 Å². The molecule has 2 saturated carbocycles. The molecule has 0 bridgehead atoms. The van der Waals surface area contributed by atoms with Gasteiger partial charge in [-0.15, -0.1) is 0 Å². The Balaban J connectivity index is 1.71. The monoisotopic (exact) mass is 639 g/mol. The third kappa shape index (κ3) is 5.94. The van der Waals surface area contributed by atoms with Crippen molar-refractivity contribution >= 4 is 17.9 Å². The van der Waals surface area contributed by atoms with Crippen LogP contribution in [-0.2, 0) is 33.3 Å². The summed E-state index contributed by atoms with van der Waals surface area (Å²) in [6.07, 6.45) is 4.19. The number of fused-ring (bicyclic) bond motifs is 4. The van der Waals surface area contributed by atoms with Gasteiger partial charge in [-0.1, -0.05) is 27.2 Å². The van der Waals surface area contributed by atoms with Gasteiger partial charge in [0.1, 0.15) is 47.6 Å². The normalized spacial score (nSPS) is 33.0. The molecular formula is C35H45NO10. The van der Waals surface area contributed by atoms with Crippen LogP contribution in [0.3, 0.4) is 0 Å². The molecule has 3 aliphatic rings. The van der Waals surface area contributed by atoms with Gasteiger partial charge in [-0.25, -0.2) is 4.79 Å². The number of esters is 3. The first-order chi connectivity index (χ1) is 21.7. The number of aromatic nitrogens is 1. The molecule has 46 heavy (non-hydrogen) atoms. The lowest BCUT2D eigenvalue weighted by atomic mass is 9.42. The van der Waals surface area contributed by atoms with Crippen LogP contribution in [0.25, 0.3) is 11.3 Å². The third-order valence-electron chi connectivity index (χ3n) is 10.5. The van der Waals surface area contributed by atoms with E-state index in [1.165, 1.54) is 20.8 Å². The van der Waals surface area contributed by atoms with Crippen LogP contribution in [0.2, 0.25) is 0 Å². The smallest absolute Gasteiger partial charge is 0.345 e. The SMILES string of the molecule is CCCCO[C@H]1c2c(cc(-c3cccnc3)oc2=O)O[C@@]2(C)C1[C@@]1(C)CC[C@H](OC(C)=O)[C@@](C)(COC(C)=O)C1C[C@@H]2OC(C)=O. The van der Waals surface area contributed by atoms with Crippen molar-refractivity contribution in [3.8, 4) is 17.1 Å². The largest absolute Gasteiger partial charge is 0.482 e. The Morgan fingerprint density at radius 3 is 2.39 bits per heavy atom. The van der Waals surface area contributed by atoms with Gasteiger partial charge >= 0.3 is 23.5 Å². The number of ether oxygens (including phenoxy) is 5. The molecule has 11 heteroatoms. The van der Waals surface area contributed by atoms with E-state index in [2.05, 4.69) is 18.8 Å². The van der Waals surface area contributed by atoms with E-state index in [1.54, 1.807) is 30.6 Å². The molecule has 2 aliphatic carbocycles. The number of carbonyl (C=O) groups is 3. The van der Waals surface area contributed by atoms with E-state index >= 15 is 0 Å². The number of hydrogen-bond donors (Lipinski definition) is 0. The third-order valence-corrected chi connectivity index (χ3v) is 10.5. The Morgan fingerprint density at radius 1 is 1.04 bits per heavy atom. The maximum absolute atomic E-state index is 13.9. The van der Waals surface area contributed by atoms with Gasteiger partial charge in [0.15, 0.2) is 0 Å². The van der Waals surface area contributed by atoms with Crippen molar-refractivity contribution in [2.75, 3.05) is 13.2 Å². The molecule has 5 rings (SSSR count). The Hall–Kier alpha value is -3.73. The van der Waals surface area contributed by atoms with Gasteiger partial charge in [0.2, 0.25) is 0 Å². The van der Waals surface area contributed by atoms with Gasteiger partial charge in [0.05, 0.1) is 0 Å². The number of pyridine rings is 1. The molecule has 0 saturated heterocycles. The van der Waals surface area contributed by atoms with Crippen LogP contribution in [0, 0.1) is 22.7 Å². The Kier molecular flexibility index (Phi) is 9.37. The standard InChI is InChI=1S/C35H45NO10/c1-8-9-15-41-30-29-25(16-24(45-32(29)40)23-11-10-14-36-18-23)46-35(7)28(44-22(4)39)17-26-33(5,31(30)35)13-12-27(43-21(3)38)34(26,6)19-42-20(2)37/h10-11,14,16,18,26-28,30-31H,8-9,12-13,15,17,19H2,1-7H3/t26?,27-,28-,30-,31?,33-,34-,35+/m0/s1. The van der Waals surface area contributed by atoms with E-state index in [0.29, 0.717) is 42.9 Å². The van der Waals surface area contributed by atoms with Crippen molar-refractivity contribution in [3.63, 3.8) is 0 Å². The van der Waals surface area contributed by atoms with Gasteiger partial charge in [0.25, 0.3) is 0 Å². The van der Waals surface area contributed by atoms with Crippen LogP contribution in [0.1, 0.15) is 92.2 Å². The minimum absolute atomic E-state index is 0.00776. The molecule has 3 heterocycles. The van der Waals surface area contributed by atoms with E-state index in [1.807, 2.05) is 13.8 Å². The summed E-state index contributed by atoms with van der Waals surface area (Å²) in [6, 6.07) is 5.23. The van der Waals surface area contributed by atoms with E-state index in [-0.39, 0.29) is 18.1 Å². The zero-order valence-electron chi connectivity index (χ0n) is 27.8. The number of hydrogen-bond acceptors (Lipinski definition) is 11. The van der Waals surface area contributed by atoms with E-state index in [0.717, 1.165) is 12.8 Å². The van der Waals surface area contributed by atoms with Crippen molar-refractivity contribution in [2.24, 2.45) is 22.7 Å². The second kappa shape index (κ2) is 12.8. The molecule has 0 N–H and O–H groups in total. The number of rotatable bonds is 9. The van der Waals surface area contributed by atoms with Gasteiger partial charge < -0.3 is 28.1 Å². The van der Waals surface area contributed by atoms with E-state index in [9.17, 15) is 19.2 Å². The molecule has 0 radical (unpaired) electrons. The fraction of sp³-hybridized carbons (Fsp3) is 0.629. The summed E-state index contributed by atoms with van der Waals surface area (Å²) in [6.45, 7) is 12.5. The maximum Gasteiger partial charge on any atom is 0.345 e. The zero-order valence-corrected chi connectivity index (χ0v) is 27.8. The summed E-state index contributed by atoms with van der Waals surface area (Å²) < 4.78 is 37.0. The summed E-state index contributed by atoms with van der Waals surface area (Å²) in [5.41, 5.74) is -2.28. The molecule has 0 amide bonds. The average Bonchev–Trinajstić information content (AvgIpc) is 2.98. The van der Waals surface area contributed by atoms with Gasteiger partial charge in [-0.05, 0) is 56.1 Å². The highest BCUT2D eigenvalue weighted by Crippen LogP contribution is 2.68. The van der Waals surface area contributed by atoms with Crippen molar-refractivity contribution in [1.82, 2.24) is 4.98 Å². The number of carbonyl (C=O) groups excluding carboxylic acids is 3. The summed E-state index contributed by atoms with van der Waals surface area (Å²) in [7, 11) is 0. The fourth-order valence-electron chi connectivity index (χ4n) is 8.53. The van der Waals surface area contributed by atoms with Gasteiger partial charge in [0, 0.05) is 62.7 Å². The predicted octanol–water partition coefficient (Wildman–Crippen LogP) is 5.58. The topological polar surface area (TPSA) is 140 Å². The molecule has 2 unspecified atom stereocenters. The molecular weight excluding hydrogens is 594 g/mol. The van der Waals surface area contributed by atoms with Crippen LogP contribution in [0.5, 0.6) is 5.75 Å². The summed E-state index contributed by atoms with van der Waals surface area (Å²) in [5.74, 6) is -1.57. The first-order valence-corrected chi connectivity index (χ1v) is 16.1. The maximum atomic E-state index is 13.9. The first kappa shape index (κ1) is 33.6. The highest BCUT2D eigenvalue weighted by Gasteiger charge is 2.71. The van der Waals surface area contributed by atoms with Crippen molar-refractivity contribution < 1.29 is 42.5 Å². The van der Waals surface area contributed by atoms with Crippen LogP contribution in [0.15, 0.2) is 39.8 Å². The second-order valence-electron chi connectivity index (χ2n) is 13.6. The van der Waals surface area contributed by atoms with Crippen LogP contribution in [0.4, 0.5) is 0 Å². The van der Waals surface area contributed by atoms with Crippen LogP contribution in [-0.4, -0.2) is 53.9 Å². The van der Waals surface area contributed by atoms with E-state index in [4.69, 9.17) is 28.1 Å². The van der Waals surface area contributed by atoms with Crippen molar-refractivity contribution in [2.45, 2.75) is 104 Å². The van der Waals surface area contributed by atoms with E-state index < -0.39 is 64.2 Å². The molecule has 0 aromatic carbocycles. The Labute approximate surface area is 269 Å². The summed E-state index contributed by atoms with van der Waals surface area (Å²) in [4.78, 5) is 55.1. The second-order valence-corrected chi connectivity index (χ2v) is 13.6. The summed E-state index contributed by atoms with van der Waals surface area (Å²) >= 11 is 0. The zero-order chi connectivity index (χ0) is 33.4. The first-order valence-electron chi connectivity index (χ1n) is 16.1. The van der Waals surface area contributed by atoms with Crippen LogP contribution >= 0.6 is 0 Å². The average molecular weight is 640 g/mol. The molecule has 2 fully saturated rings. The minimum atomic E-state index is -1.13. The quantitative estimate of drug-likeness (QED) is 0.193. The fourth-order valence-corrected chi connectivity index (χ4v) is 8.53. The highest BCUT2D eigenvalue weighted by molar-refractivity contribution is 5.67. The minimum Gasteiger partial charge on any atom is -0.482 e. The number of unbranched alkanes of at least 4 members (excludes halogenated alkanes) is 1. The highest BCUT2D eigenvalue weighted by atomic mass is 16.6. The Morgan fingerprint density at radius 2 is 1.76 bits per heavy atom. The Bertz CT molecular complexity index is 1520. The molecule has 2 aromatic heterocycles. The summed E-state index contributed by atoms with van der Waals surface area (Å²) in [5, 5.41) is 0. The van der Waals surface area contributed by atoms with Crippen molar-refractivity contribution in [3.05, 3.63) is 46.6 Å². The molecule has 8 atom stereocenters. The number of nitrogens with zero attached hydrogens (tertiary/aromatic N) is 1. The molecule has 0 spiro atoms.